The van der Waals surface area contributed by atoms with Gasteiger partial charge in [-0.05, 0) is 25.8 Å². The maximum Gasteiger partial charge on any atom is 0.0630 e. The molecule has 1 unspecified atom stereocenters. The van der Waals surface area contributed by atoms with Gasteiger partial charge in [0.15, 0.2) is 0 Å². The number of hydrogen-bond acceptors (Lipinski definition) is 4. The molecule has 0 aromatic carbocycles. The van der Waals surface area contributed by atoms with Crippen LogP contribution in [0.25, 0.3) is 0 Å². The smallest absolute Gasteiger partial charge is 0.0630 e. The molecule has 1 heterocycles. The maximum atomic E-state index is 5.41. The molecule has 1 rings (SSSR count). The van der Waals surface area contributed by atoms with Gasteiger partial charge >= 0.3 is 0 Å². The normalized spacial score (nSPS) is 19.7. The molecule has 4 heteroatoms. The largest absolute Gasteiger partial charge is 0.383 e. The highest BCUT2D eigenvalue weighted by Gasteiger charge is 2.20. The van der Waals surface area contributed by atoms with Crippen molar-refractivity contribution in [2.24, 2.45) is 5.92 Å². The second kappa shape index (κ2) is 8.86. The Bertz CT molecular complexity index is 206. The lowest BCUT2D eigenvalue weighted by Crippen LogP contribution is -2.46. The van der Waals surface area contributed by atoms with Crippen LogP contribution in [0.15, 0.2) is 0 Å². The average Bonchev–Trinajstić information content (AvgIpc) is 2.35. The molecule has 18 heavy (non-hydrogen) atoms. The van der Waals surface area contributed by atoms with E-state index < -0.39 is 0 Å². The topological polar surface area (TPSA) is 33.7 Å². The first-order valence-corrected chi connectivity index (χ1v) is 7.13. The van der Waals surface area contributed by atoms with Gasteiger partial charge < -0.3 is 14.8 Å². The Labute approximate surface area is 112 Å². The van der Waals surface area contributed by atoms with Crippen LogP contribution in [-0.4, -0.2) is 64.1 Å². The standard InChI is InChI=1S/C14H30N2O2/c1-12(2)15-9-14(11-17-4)16(3)10-13-5-7-18-8-6-13/h12-15H,5-11H2,1-4H3. The van der Waals surface area contributed by atoms with E-state index in [0.717, 1.165) is 38.8 Å². The summed E-state index contributed by atoms with van der Waals surface area (Å²) in [6, 6.07) is 0.987. The number of rotatable bonds is 8. The molecule has 108 valence electrons. The third-order valence-electron chi connectivity index (χ3n) is 3.63. The lowest BCUT2D eigenvalue weighted by Gasteiger charge is -2.33. The molecule has 1 N–H and O–H groups in total. The molecule has 0 bridgehead atoms. The summed E-state index contributed by atoms with van der Waals surface area (Å²) in [5, 5.41) is 3.50. The molecule has 1 aliphatic heterocycles. The van der Waals surface area contributed by atoms with Crippen LogP contribution in [-0.2, 0) is 9.47 Å². The number of methoxy groups -OCH3 is 1. The van der Waals surface area contributed by atoms with E-state index in [-0.39, 0.29) is 0 Å². The van der Waals surface area contributed by atoms with Crippen LogP contribution in [0.4, 0.5) is 0 Å². The number of ether oxygens (including phenoxy) is 2. The second-order valence-electron chi connectivity index (χ2n) is 5.67. The van der Waals surface area contributed by atoms with Gasteiger partial charge in [0, 0.05) is 45.5 Å². The molecule has 4 nitrogen and oxygen atoms in total. The Morgan fingerprint density at radius 1 is 1.33 bits per heavy atom. The first-order valence-electron chi connectivity index (χ1n) is 7.13. The predicted molar refractivity (Wildman–Crippen MR) is 75.0 cm³/mol. The second-order valence-corrected chi connectivity index (χ2v) is 5.67. The fourth-order valence-electron chi connectivity index (χ4n) is 2.39. The van der Waals surface area contributed by atoms with Gasteiger partial charge in [0.25, 0.3) is 0 Å². The summed E-state index contributed by atoms with van der Waals surface area (Å²) in [4.78, 5) is 2.44. The Morgan fingerprint density at radius 3 is 2.56 bits per heavy atom. The molecule has 1 fully saturated rings. The summed E-state index contributed by atoms with van der Waals surface area (Å²) in [6.07, 6.45) is 2.39. The molecule has 1 atom stereocenters. The average molecular weight is 258 g/mol. The van der Waals surface area contributed by atoms with Gasteiger partial charge in [-0.1, -0.05) is 13.8 Å². The molecule has 0 aromatic rings. The van der Waals surface area contributed by atoms with Crippen molar-refractivity contribution in [3.63, 3.8) is 0 Å². The van der Waals surface area contributed by atoms with Crippen LogP contribution in [0.2, 0.25) is 0 Å². The Kier molecular flexibility index (Phi) is 7.82. The van der Waals surface area contributed by atoms with Crippen LogP contribution in [0.3, 0.4) is 0 Å². The van der Waals surface area contributed by atoms with Crippen molar-refractivity contribution in [1.82, 2.24) is 10.2 Å². The lowest BCUT2D eigenvalue weighted by molar-refractivity contribution is 0.0397. The highest BCUT2D eigenvalue weighted by atomic mass is 16.5. The fraction of sp³-hybridized carbons (Fsp3) is 1.00. The molecule has 0 aromatic heterocycles. The third-order valence-corrected chi connectivity index (χ3v) is 3.63. The number of likely N-dealkylation sites (N-methyl/N-ethyl adjacent to an activating group) is 1. The minimum absolute atomic E-state index is 0.459. The summed E-state index contributed by atoms with van der Waals surface area (Å²) in [5.74, 6) is 0.780. The van der Waals surface area contributed by atoms with E-state index in [1.54, 1.807) is 7.11 Å². The van der Waals surface area contributed by atoms with Gasteiger partial charge in [-0.3, -0.25) is 4.90 Å². The Morgan fingerprint density at radius 2 is 2.00 bits per heavy atom. The van der Waals surface area contributed by atoms with Gasteiger partial charge in [0.05, 0.1) is 6.61 Å². The SMILES string of the molecule is COCC(CNC(C)C)N(C)CC1CCOCC1. The predicted octanol–water partition coefficient (Wildman–Crippen LogP) is 1.36. The van der Waals surface area contributed by atoms with Crippen molar-refractivity contribution < 1.29 is 9.47 Å². The minimum atomic E-state index is 0.459. The quantitative estimate of drug-likeness (QED) is 0.713. The van der Waals surface area contributed by atoms with Crippen LogP contribution < -0.4 is 5.32 Å². The molecule has 0 aliphatic carbocycles. The van der Waals surface area contributed by atoms with E-state index in [9.17, 15) is 0 Å². The highest BCUT2D eigenvalue weighted by molar-refractivity contribution is 4.76. The molecular weight excluding hydrogens is 228 g/mol. The van der Waals surface area contributed by atoms with Crippen LogP contribution in [0.1, 0.15) is 26.7 Å². The van der Waals surface area contributed by atoms with Gasteiger partial charge in [0.1, 0.15) is 0 Å². The van der Waals surface area contributed by atoms with Crippen molar-refractivity contribution in [3.8, 4) is 0 Å². The zero-order valence-corrected chi connectivity index (χ0v) is 12.4. The van der Waals surface area contributed by atoms with Crippen molar-refractivity contribution in [1.29, 1.82) is 0 Å². The first kappa shape index (κ1) is 15.9. The van der Waals surface area contributed by atoms with E-state index >= 15 is 0 Å². The number of nitrogens with one attached hydrogen (secondary N) is 1. The maximum absolute atomic E-state index is 5.41. The molecular formula is C14H30N2O2. The highest BCUT2D eigenvalue weighted by Crippen LogP contribution is 2.16. The summed E-state index contributed by atoms with van der Waals surface area (Å²) in [5.41, 5.74) is 0. The van der Waals surface area contributed by atoms with E-state index in [0.29, 0.717) is 12.1 Å². The van der Waals surface area contributed by atoms with E-state index in [1.165, 1.54) is 12.8 Å². The molecule has 0 saturated carbocycles. The summed E-state index contributed by atoms with van der Waals surface area (Å²) >= 11 is 0. The summed E-state index contributed by atoms with van der Waals surface area (Å²) < 4.78 is 10.8. The zero-order chi connectivity index (χ0) is 13.4. The minimum Gasteiger partial charge on any atom is -0.383 e. The Hall–Kier alpha value is -0.160. The molecule has 1 aliphatic rings. The van der Waals surface area contributed by atoms with Gasteiger partial charge in [0.2, 0.25) is 0 Å². The fourth-order valence-corrected chi connectivity index (χ4v) is 2.39. The van der Waals surface area contributed by atoms with E-state index in [1.807, 2.05) is 0 Å². The van der Waals surface area contributed by atoms with E-state index in [2.05, 4.69) is 31.1 Å². The van der Waals surface area contributed by atoms with Crippen LogP contribution >= 0.6 is 0 Å². The van der Waals surface area contributed by atoms with Gasteiger partial charge in [-0.15, -0.1) is 0 Å². The lowest BCUT2D eigenvalue weighted by atomic mass is 9.99. The van der Waals surface area contributed by atoms with Crippen molar-refractivity contribution >= 4 is 0 Å². The molecule has 1 saturated heterocycles. The van der Waals surface area contributed by atoms with E-state index in [4.69, 9.17) is 9.47 Å². The molecule has 0 spiro atoms. The van der Waals surface area contributed by atoms with Gasteiger partial charge in [-0.2, -0.15) is 0 Å². The van der Waals surface area contributed by atoms with Crippen molar-refractivity contribution in [2.45, 2.75) is 38.8 Å². The molecule has 0 radical (unpaired) electrons. The summed E-state index contributed by atoms with van der Waals surface area (Å²) in [6.45, 7) is 9.15. The van der Waals surface area contributed by atoms with Crippen molar-refractivity contribution in [3.05, 3.63) is 0 Å². The monoisotopic (exact) mass is 258 g/mol. The van der Waals surface area contributed by atoms with Crippen molar-refractivity contribution in [2.75, 3.05) is 47.1 Å². The van der Waals surface area contributed by atoms with Crippen LogP contribution in [0, 0.1) is 5.92 Å². The van der Waals surface area contributed by atoms with Gasteiger partial charge in [-0.25, -0.2) is 0 Å². The molecule has 0 amide bonds. The number of hydrogen-bond donors (Lipinski definition) is 1. The Balaban J connectivity index is 2.34. The summed E-state index contributed by atoms with van der Waals surface area (Å²) in [7, 11) is 3.99. The third kappa shape index (κ3) is 6.14. The van der Waals surface area contributed by atoms with Crippen LogP contribution in [0.5, 0.6) is 0 Å². The number of nitrogens with zero attached hydrogens (tertiary/aromatic N) is 1. The first-order chi connectivity index (χ1) is 8.63. The zero-order valence-electron chi connectivity index (χ0n) is 12.4.